The number of hydrogen-bond donors (Lipinski definition) is 7. The Morgan fingerprint density at radius 1 is 0.585 bits per heavy atom. The quantitative estimate of drug-likeness (QED) is 0.0520. The van der Waals surface area contributed by atoms with Crippen LogP contribution in [0.2, 0.25) is 0 Å². The number of carbonyl (C=O) groups is 7. The molecule has 1 saturated heterocycles. The summed E-state index contributed by atoms with van der Waals surface area (Å²) in [6, 6.07) is 32.2. The molecular formula is C65H79N9O8. The van der Waals surface area contributed by atoms with E-state index in [1.165, 1.54) is 16.0 Å². The van der Waals surface area contributed by atoms with Crippen molar-refractivity contribution in [3.63, 3.8) is 0 Å². The van der Waals surface area contributed by atoms with E-state index in [0.717, 1.165) is 66.3 Å². The van der Waals surface area contributed by atoms with Gasteiger partial charge < -0.3 is 51.8 Å². The fraction of sp³-hybridized carbons (Fsp3) is 0.431. The molecule has 4 aliphatic rings. The van der Waals surface area contributed by atoms with Crippen LogP contribution in [0.5, 0.6) is 11.5 Å². The third kappa shape index (κ3) is 13.7. The summed E-state index contributed by atoms with van der Waals surface area (Å²) in [5.41, 5.74) is 6.91. The number of likely N-dealkylation sites (N-methyl/N-ethyl adjacent to an activating group) is 2. The number of rotatable bonds is 18. The fourth-order valence-electron chi connectivity index (χ4n) is 11.8. The van der Waals surface area contributed by atoms with Crippen molar-refractivity contribution in [2.45, 2.75) is 153 Å². The van der Waals surface area contributed by atoms with Crippen molar-refractivity contribution in [1.29, 1.82) is 0 Å². The average Bonchev–Trinajstić information content (AvgIpc) is 4.11. The van der Waals surface area contributed by atoms with Crippen LogP contribution in [0, 0.1) is 5.41 Å². The highest BCUT2D eigenvalue weighted by molar-refractivity contribution is 5.97. The minimum atomic E-state index is -0.999. The molecule has 17 heteroatoms. The molecule has 9 rings (SSSR count). The van der Waals surface area contributed by atoms with E-state index in [-0.39, 0.29) is 67.6 Å². The second kappa shape index (κ2) is 25.9. The van der Waals surface area contributed by atoms with Gasteiger partial charge in [0.2, 0.25) is 35.4 Å². The summed E-state index contributed by atoms with van der Waals surface area (Å²) in [6.07, 6.45) is 5.94. The number of benzene rings is 5. The van der Waals surface area contributed by atoms with Gasteiger partial charge >= 0.3 is 0 Å². The van der Waals surface area contributed by atoms with Crippen LogP contribution in [0.4, 0.5) is 0 Å². The van der Waals surface area contributed by atoms with Crippen molar-refractivity contribution in [3.05, 3.63) is 166 Å². The molecule has 0 bridgehead atoms. The van der Waals surface area contributed by atoms with Crippen molar-refractivity contribution < 1.29 is 38.3 Å². The lowest BCUT2D eigenvalue weighted by molar-refractivity contribution is -0.145. The van der Waals surface area contributed by atoms with E-state index >= 15 is 0 Å². The first-order valence-corrected chi connectivity index (χ1v) is 29.0. The molecule has 82 heavy (non-hydrogen) atoms. The lowest BCUT2D eigenvalue weighted by Gasteiger charge is -2.39. The van der Waals surface area contributed by atoms with Crippen molar-refractivity contribution in [3.8, 4) is 11.5 Å². The molecule has 5 unspecified atom stereocenters. The molecule has 5 aromatic carbocycles. The zero-order chi connectivity index (χ0) is 58.2. The van der Waals surface area contributed by atoms with Gasteiger partial charge in [-0.3, -0.25) is 33.6 Å². The summed E-state index contributed by atoms with van der Waals surface area (Å²) in [7, 11) is 3.35. The molecule has 0 spiro atoms. The minimum Gasteiger partial charge on any atom is -0.457 e. The Hall–Kier alpha value is -7.89. The molecule has 432 valence electrons. The van der Waals surface area contributed by atoms with Gasteiger partial charge in [0.1, 0.15) is 35.7 Å². The van der Waals surface area contributed by atoms with Crippen LogP contribution in [0.3, 0.4) is 0 Å². The molecule has 7 amide bonds. The maximum absolute atomic E-state index is 15.0. The summed E-state index contributed by atoms with van der Waals surface area (Å²) in [5, 5.41) is 21.4. The number of fused-ring (bicyclic) bond motifs is 3. The molecule has 1 fully saturated rings. The molecule has 17 nitrogen and oxygen atoms in total. The van der Waals surface area contributed by atoms with E-state index in [4.69, 9.17) is 4.74 Å². The Morgan fingerprint density at radius 3 is 1.66 bits per heavy atom. The Labute approximate surface area is 481 Å². The van der Waals surface area contributed by atoms with Gasteiger partial charge in [-0.1, -0.05) is 106 Å². The van der Waals surface area contributed by atoms with Crippen molar-refractivity contribution in [2.24, 2.45) is 5.41 Å². The predicted octanol–water partition coefficient (Wildman–Crippen LogP) is 6.29. The summed E-state index contributed by atoms with van der Waals surface area (Å²) in [5.74, 6) is -1.45. The first-order valence-electron chi connectivity index (χ1n) is 29.0. The highest BCUT2D eigenvalue weighted by Gasteiger charge is 2.46. The van der Waals surface area contributed by atoms with Gasteiger partial charge in [-0.05, 0) is 154 Å². The SMILES string of the molecule is CNC(C)C(=O)NC(Cc1ccc(Oc2ccc(C(=O)N[C@H]3C[C@@H](C(=O)N[C@@H]4CCCc5ccccc54)N(C(=O)C(NC(=O)C(C)NC)C(C)(C)C)C3)cc2)cc1)C(=O)N1Cc2ccccc2CC1C(=O)N[C@@H]1CCCc2ccccc21. The predicted molar refractivity (Wildman–Crippen MR) is 313 cm³/mol. The second-order valence-corrected chi connectivity index (χ2v) is 23.5. The number of nitrogens with one attached hydrogen (secondary N) is 7. The van der Waals surface area contributed by atoms with Crippen LogP contribution in [-0.4, -0.2) is 114 Å². The highest BCUT2D eigenvalue weighted by atomic mass is 16.5. The average molecular weight is 1110 g/mol. The molecule has 0 radical (unpaired) electrons. The van der Waals surface area contributed by atoms with Crippen LogP contribution in [0.25, 0.3) is 0 Å². The van der Waals surface area contributed by atoms with Gasteiger partial charge in [-0.15, -0.1) is 0 Å². The number of ether oxygens (including phenoxy) is 1. The lowest BCUT2D eigenvalue weighted by atomic mass is 9.85. The van der Waals surface area contributed by atoms with E-state index in [1.807, 2.05) is 87.5 Å². The molecule has 7 N–H and O–H groups in total. The maximum Gasteiger partial charge on any atom is 0.251 e. The number of nitrogens with zero attached hydrogens (tertiary/aromatic N) is 2. The molecule has 5 aromatic rings. The third-order valence-electron chi connectivity index (χ3n) is 16.8. The van der Waals surface area contributed by atoms with Gasteiger partial charge in [0.05, 0.1) is 24.2 Å². The monoisotopic (exact) mass is 1110 g/mol. The number of hydrogen-bond acceptors (Lipinski definition) is 10. The summed E-state index contributed by atoms with van der Waals surface area (Å²) < 4.78 is 6.23. The fourth-order valence-corrected chi connectivity index (χ4v) is 11.8. The molecule has 2 heterocycles. The molecule has 0 saturated carbocycles. The van der Waals surface area contributed by atoms with Crippen molar-refractivity contribution in [1.82, 2.24) is 47.0 Å². The van der Waals surface area contributed by atoms with Crippen LogP contribution < -0.4 is 42.0 Å². The smallest absolute Gasteiger partial charge is 0.251 e. The number of likely N-dealkylation sites (tertiary alicyclic amines) is 1. The highest BCUT2D eigenvalue weighted by Crippen LogP contribution is 2.34. The molecular weight excluding hydrogens is 1030 g/mol. The number of aryl methyl sites for hydroxylation is 2. The van der Waals surface area contributed by atoms with E-state index in [1.54, 1.807) is 69.2 Å². The standard InChI is InChI=1S/C65H79N9O8/c1-39(66-6)58(75)71-54(63(80)73-37-46-19-9-8-18-45(46)35-55(73)61(78)69-52-24-14-20-42-16-10-12-22-50(42)52)34-41-26-30-48(31-27-41)82-49-32-28-44(29-33-49)60(77)68-47-36-56(62(79)70-53-25-15-21-43-17-11-13-23-51(43)53)74(38-47)64(81)57(65(3,4)5)72-59(76)40(2)67-7/h8-13,16-19,22-23,26-33,39-40,47,52-57,66-67H,14-15,20-21,24-25,34-38H2,1-7H3,(H,68,77)(H,69,78)(H,70,79)(H,71,75)(H,72,76)/t39?,40?,47-,52+,53+,54?,55?,56-,57?/m0/s1. The first kappa shape index (κ1) is 58.8. The molecule has 9 atom stereocenters. The second-order valence-electron chi connectivity index (χ2n) is 23.5. The van der Waals surface area contributed by atoms with Gasteiger partial charge in [-0.25, -0.2) is 0 Å². The Bertz CT molecular complexity index is 3140. The Balaban J connectivity index is 0.867. The minimum absolute atomic E-state index is 0.0577. The normalized spacial score (nSPS) is 20.7. The number of carbonyl (C=O) groups excluding carboxylic acids is 7. The van der Waals surface area contributed by atoms with E-state index in [0.29, 0.717) is 23.5 Å². The largest absolute Gasteiger partial charge is 0.457 e. The molecule has 2 aliphatic carbocycles. The topological polar surface area (TPSA) is 219 Å². The number of amides is 7. The summed E-state index contributed by atoms with van der Waals surface area (Å²) in [4.78, 5) is 102. The van der Waals surface area contributed by atoms with E-state index in [2.05, 4.69) is 55.4 Å². The zero-order valence-electron chi connectivity index (χ0n) is 48.2. The lowest BCUT2D eigenvalue weighted by Crippen LogP contribution is -2.59. The van der Waals surface area contributed by atoms with Gasteiger partial charge in [0.15, 0.2) is 0 Å². The molecule has 2 aliphatic heterocycles. The van der Waals surface area contributed by atoms with Crippen LogP contribution in [0.15, 0.2) is 121 Å². The maximum atomic E-state index is 15.0. The van der Waals surface area contributed by atoms with Gasteiger partial charge in [-0.2, -0.15) is 0 Å². The van der Waals surface area contributed by atoms with Crippen molar-refractivity contribution in [2.75, 3.05) is 20.6 Å². The zero-order valence-corrected chi connectivity index (χ0v) is 48.2. The Morgan fingerprint density at radius 2 is 1.10 bits per heavy atom. The third-order valence-corrected chi connectivity index (χ3v) is 16.8. The van der Waals surface area contributed by atoms with Crippen LogP contribution in [0.1, 0.15) is 128 Å². The summed E-state index contributed by atoms with van der Waals surface area (Å²) in [6.45, 7) is 9.30. The summed E-state index contributed by atoms with van der Waals surface area (Å²) >= 11 is 0. The van der Waals surface area contributed by atoms with E-state index < -0.39 is 59.5 Å². The van der Waals surface area contributed by atoms with E-state index in [9.17, 15) is 33.6 Å². The van der Waals surface area contributed by atoms with Gasteiger partial charge in [0, 0.05) is 37.5 Å². The van der Waals surface area contributed by atoms with Crippen LogP contribution in [-0.2, 0) is 61.0 Å². The molecule has 0 aromatic heterocycles. The Kier molecular flexibility index (Phi) is 18.6. The first-order chi connectivity index (χ1) is 39.4. The van der Waals surface area contributed by atoms with Gasteiger partial charge in [0.25, 0.3) is 5.91 Å². The van der Waals surface area contributed by atoms with Crippen molar-refractivity contribution >= 4 is 41.4 Å². The van der Waals surface area contributed by atoms with Crippen LogP contribution >= 0.6 is 0 Å².